The lowest BCUT2D eigenvalue weighted by molar-refractivity contribution is -0.140. The summed E-state index contributed by atoms with van der Waals surface area (Å²) in [7, 11) is 1.95. The molecule has 4 heteroatoms. The first-order valence-corrected chi connectivity index (χ1v) is 6.69. The number of amides is 1. The van der Waals surface area contributed by atoms with Gasteiger partial charge in [0.15, 0.2) is 5.78 Å². The van der Waals surface area contributed by atoms with Gasteiger partial charge in [0.2, 0.25) is 5.91 Å². The quantitative estimate of drug-likeness (QED) is 0.734. The lowest BCUT2D eigenvalue weighted by atomic mass is 9.75. The molecule has 0 unspecified atom stereocenters. The number of hydrogen-bond donors (Lipinski definition) is 1. The molecule has 3 fully saturated rings. The van der Waals surface area contributed by atoms with E-state index in [-0.39, 0.29) is 11.4 Å². The molecule has 3 rings (SSSR count). The molecule has 3 aliphatic rings. The van der Waals surface area contributed by atoms with Crippen molar-refractivity contribution in [2.24, 2.45) is 0 Å². The Balaban J connectivity index is 2.14. The summed E-state index contributed by atoms with van der Waals surface area (Å²) >= 11 is 0. The maximum atomic E-state index is 12.4. The average Bonchev–Trinajstić information content (AvgIpc) is 2.75. The van der Waals surface area contributed by atoms with Gasteiger partial charge in [-0.1, -0.05) is 0 Å². The fraction of sp³-hybridized carbons (Fsp3) is 0.846. The van der Waals surface area contributed by atoms with Gasteiger partial charge in [-0.25, -0.2) is 0 Å². The molecule has 2 atom stereocenters. The molecule has 1 N–H and O–H groups in total. The summed E-state index contributed by atoms with van der Waals surface area (Å²) in [6, 6.07) is 0. The molecular weight excluding hydrogens is 216 g/mol. The maximum Gasteiger partial charge on any atom is 0.223 e. The van der Waals surface area contributed by atoms with E-state index in [1.54, 1.807) is 0 Å². The van der Waals surface area contributed by atoms with E-state index in [2.05, 4.69) is 5.32 Å². The molecule has 0 aromatic carbocycles. The summed E-state index contributed by atoms with van der Waals surface area (Å²) < 4.78 is 0. The van der Waals surface area contributed by atoms with Crippen molar-refractivity contribution in [3.63, 3.8) is 0 Å². The molecule has 17 heavy (non-hydrogen) atoms. The largest absolute Gasteiger partial charge is 0.328 e. The first-order chi connectivity index (χ1) is 8.16. The summed E-state index contributed by atoms with van der Waals surface area (Å²) in [4.78, 5) is 26.4. The van der Waals surface area contributed by atoms with Gasteiger partial charge in [-0.3, -0.25) is 9.59 Å². The second-order valence-electron chi connectivity index (χ2n) is 5.62. The highest BCUT2D eigenvalue weighted by Gasteiger charge is 2.66. The van der Waals surface area contributed by atoms with Crippen LogP contribution >= 0.6 is 0 Å². The summed E-state index contributed by atoms with van der Waals surface area (Å²) in [6.45, 7) is 0.772. The van der Waals surface area contributed by atoms with Gasteiger partial charge in [-0.05, 0) is 39.2 Å². The molecule has 0 aromatic rings. The van der Waals surface area contributed by atoms with Crippen LogP contribution in [0.1, 0.15) is 44.9 Å². The topological polar surface area (TPSA) is 49.4 Å². The minimum atomic E-state index is -0.505. The van der Waals surface area contributed by atoms with E-state index in [4.69, 9.17) is 0 Å². The van der Waals surface area contributed by atoms with Gasteiger partial charge in [-0.2, -0.15) is 0 Å². The lowest BCUT2D eigenvalue weighted by Crippen LogP contribution is -2.66. The Morgan fingerprint density at radius 1 is 1.12 bits per heavy atom. The molecule has 4 nitrogen and oxygen atoms in total. The number of carbonyl (C=O) groups excluding carboxylic acids is 2. The number of rotatable bonds is 1. The Morgan fingerprint density at radius 2 is 1.94 bits per heavy atom. The molecule has 0 aromatic heterocycles. The Bertz CT molecular complexity index is 382. The van der Waals surface area contributed by atoms with Crippen molar-refractivity contribution in [3.8, 4) is 0 Å². The predicted octanol–water partition coefficient (Wildman–Crippen LogP) is 0.853. The van der Waals surface area contributed by atoms with Crippen LogP contribution in [-0.4, -0.2) is 41.3 Å². The molecule has 2 aliphatic heterocycles. The monoisotopic (exact) mass is 236 g/mol. The summed E-state index contributed by atoms with van der Waals surface area (Å²) in [5.74, 6) is 0.473. The van der Waals surface area contributed by atoms with Crippen LogP contribution < -0.4 is 5.32 Å². The third-order valence-corrected chi connectivity index (χ3v) is 5.21. The smallest absolute Gasteiger partial charge is 0.223 e. The van der Waals surface area contributed by atoms with Gasteiger partial charge >= 0.3 is 0 Å². The van der Waals surface area contributed by atoms with Crippen molar-refractivity contribution in [1.82, 2.24) is 10.2 Å². The molecule has 1 spiro atoms. The zero-order valence-electron chi connectivity index (χ0n) is 10.4. The highest BCUT2D eigenvalue weighted by molar-refractivity contribution is 5.99. The van der Waals surface area contributed by atoms with E-state index < -0.39 is 5.54 Å². The van der Waals surface area contributed by atoms with Crippen LogP contribution in [0.3, 0.4) is 0 Å². The molecule has 0 radical (unpaired) electrons. The molecular formula is C13H20N2O2. The molecule has 94 valence electrons. The fourth-order valence-corrected chi connectivity index (χ4v) is 4.37. The normalized spacial score (nSPS) is 41.4. The molecule has 1 amide bonds. The Kier molecular flexibility index (Phi) is 2.34. The van der Waals surface area contributed by atoms with Gasteiger partial charge in [0.1, 0.15) is 5.54 Å². The van der Waals surface area contributed by atoms with E-state index in [0.717, 1.165) is 38.6 Å². The number of hydrogen-bond acceptors (Lipinski definition) is 3. The minimum Gasteiger partial charge on any atom is -0.328 e. The average molecular weight is 236 g/mol. The van der Waals surface area contributed by atoms with Crippen LogP contribution in [0.2, 0.25) is 0 Å². The van der Waals surface area contributed by atoms with E-state index in [9.17, 15) is 9.59 Å². The number of Topliss-reactive ketones (excluding diaryl/α,β-unsaturated/α-hetero) is 1. The first kappa shape index (κ1) is 11.2. The third kappa shape index (κ3) is 1.17. The SMILES string of the molecule is CN[C@@]12CCCCN3C(=O)CC[C@]31C(=O)CC2. The highest BCUT2D eigenvalue weighted by atomic mass is 16.2. The zero-order valence-corrected chi connectivity index (χ0v) is 10.4. The molecule has 1 aliphatic carbocycles. The number of nitrogens with zero attached hydrogens (tertiary/aromatic N) is 1. The molecule has 1 saturated carbocycles. The van der Waals surface area contributed by atoms with Crippen molar-refractivity contribution in [3.05, 3.63) is 0 Å². The van der Waals surface area contributed by atoms with Gasteiger partial charge < -0.3 is 10.2 Å². The summed E-state index contributed by atoms with van der Waals surface area (Å²) in [5, 5.41) is 3.42. The maximum absolute atomic E-state index is 12.4. The van der Waals surface area contributed by atoms with E-state index in [1.165, 1.54) is 0 Å². The second kappa shape index (κ2) is 3.55. The lowest BCUT2D eigenvalue weighted by Gasteiger charge is -2.46. The van der Waals surface area contributed by atoms with Crippen LogP contribution in [-0.2, 0) is 9.59 Å². The third-order valence-electron chi connectivity index (χ3n) is 5.21. The van der Waals surface area contributed by atoms with Crippen molar-refractivity contribution in [1.29, 1.82) is 0 Å². The van der Waals surface area contributed by atoms with Crippen molar-refractivity contribution < 1.29 is 9.59 Å². The molecule has 2 heterocycles. The van der Waals surface area contributed by atoms with Gasteiger partial charge in [-0.15, -0.1) is 0 Å². The van der Waals surface area contributed by atoms with Crippen molar-refractivity contribution in [2.75, 3.05) is 13.6 Å². The number of likely N-dealkylation sites (N-methyl/N-ethyl adjacent to an activating group) is 1. The van der Waals surface area contributed by atoms with Crippen LogP contribution in [0.15, 0.2) is 0 Å². The van der Waals surface area contributed by atoms with Crippen molar-refractivity contribution in [2.45, 2.75) is 56.0 Å². The van der Waals surface area contributed by atoms with Gasteiger partial charge in [0, 0.05) is 24.9 Å². The zero-order chi connectivity index (χ0) is 12.1. The number of carbonyl (C=O) groups is 2. The van der Waals surface area contributed by atoms with Gasteiger partial charge in [0.05, 0.1) is 0 Å². The standard InChI is InChI=1S/C13H20N2O2/c1-14-12-6-2-3-9-15-11(17)5-8-13(12,15)10(16)4-7-12/h14H,2-9H2,1H3/t12-,13-/m1/s1. The van der Waals surface area contributed by atoms with Crippen LogP contribution in [0, 0.1) is 0 Å². The molecule has 2 saturated heterocycles. The van der Waals surface area contributed by atoms with Crippen LogP contribution in [0.5, 0.6) is 0 Å². The molecule has 0 bridgehead atoms. The van der Waals surface area contributed by atoms with Crippen molar-refractivity contribution >= 4 is 11.7 Å². The Hall–Kier alpha value is -0.900. The fourth-order valence-electron chi connectivity index (χ4n) is 4.37. The van der Waals surface area contributed by atoms with E-state index in [1.807, 2.05) is 11.9 Å². The number of nitrogens with one attached hydrogen (secondary N) is 1. The summed E-state index contributed by atoms with van der Waals surface area (Å²) in [6.07, 6.45) is 5.97. The second-order valence-corrected chi connectivity index (χ2v) is 5.62. The van der Waals surface area contributed by atoms with E-state index in [0.29, 0.717) is 18.6 Å². The van der Waals surface area contributed by atoms with Gasteiger partial charge in [0.25, 0.3) is 0 Å². The highest BCUT2D eigenvalue weighted by Crippen LogP contribution is 2.51. The Labute approximate surface area is 102 Å². The van der Waals surface area contributed by atoms with Crippen LogP contribution in [0.4, 0.5) is 0 Å². The van der Waals surface area contributed by atoms with Crippen LogP contribution in [0.25, 0.3) is 0 Å². The number of ketones is 1. The minimum absolute atomic E-state index is 0.146. The van der Waals surface area contributed by atoms with E-state index >= 15 is 0 Å². The predicted molar refractivity (Wildman–Crippen MR) is 63.6 cm³/mol. The first-order valence-electron chi connectivity index (χ1n) is 6.69. The summed E-state index contributed by atoms with van der Waals surface area (Å²) in [5.41, 5.74) is -0.651. The Morgan fingerprint density at radius 3 is 2.71 bits per heavy atom.